The predicted molar refractivity (Wildman–Crippen MR) is 80.4 cm³/mol. The van der Waals surface area contributed by atoms with Gasteiger partial charge in [-0.05, 0) is 38.3 Å². The summed E-state index contributed by atoms with van der Waals surface area (Å²) in [5, 5.41) is 3.57. The van der Waals surface area contributed by atoms with E-state index in [1.165, 1.54) is 19.3 Å². The van der Waals surface area contributed by atoms with Gasteiger partial charge >= 0.3 is 0 Å². The number of aromatic nitrogens is 1. The Hall–Kier alpha value is -1.07. The molecule has 1 aliphatic rings. The standard InChI is InChI=1S/C14H21N3OS/c1-17(12-4-3-5-13(12)19-2)10-14(18)16-11-6-8-15-9-7-11/h6-9,12-13H,3-5,10H2,1-2H3,(H,15,16,18). The van der Waals surface area contributed by atoms with E-state index in [-0.39, 0.29) is 5.91 Å². The van der Waals surface area contributed by atoms with Crippen LogP contribution in [-0.2, 0) is 4.79 Å². The first kappa shape index (κ1) is 14.3. The monoisotopic (exact) mass is 279 g/mol. The van der Waals surface area contributed by atoms with E-state index < -0.39 is 0 Å². The number of anilines is 1. The highest BCUT2D eigenvalue weighted by Gasteiger charge is 2.30. The van der Waals surface area contributed by atoms with Gasteiger partial charge < -0.3 is 5.32 Å². The molecule has 1 aliphatic carbocycles. The normalized spacial score (nSPS) is 22.7. The fraction of sp³-hybridized carbons (Fsp3) is 0.571. The number of amides is 1. The lowest BCUT2D eigenvalue weighted by atomic mass is 10.2. The molecule has 0 aliphatic heterocycles. The van der Waals surface area contributed by atoms with Crippen LogP contribution >= 0.6 is 11.8 Å². The van der Waals surface area contributed by atoms with Crippen LogP contribution in [0.1, 0.15) is 19.3 Å². The Bertz CT molecular complexity index is 412. The van der Waals surface area contributed by atoms with Gasteiger partial charge in [0.15, 0.2) is 0 Å². The quantitative estimate of drug-likeness (QED) is 0.898. The van der Waals surface area contributed by atoms with Crippen molar-refractivity contribution in [2.24, 2.45) is 0 Å². The number of thioether (sulfide) groups is 1. The Kier molecular flexibility index (Phi) is 5.22. The zero-order chi connectivity index (χ0) is 13.7. The third-order valence-corrected chi connectivity index (χ3v) is 4.80. The maximum absolute atomic E-state index is 12.0. The maximum Gasteiger partial charge on any atom is 0.238 e. The molecule has 0 saturated heterocycles. The van der Waals surface area contributed by atoms with Crippen LogP contribution in [0.2, 0.25) is 0 Å². The summed E-state index contributed by atoms with van der Waals surface area (Å²) < 4.78 is 0. The number of rotatable bonds is 5. The molecule has 0 spiro atoms. The highest BCUT2D eigenvalue weighted by Crippen LogP contribution is 2.31. The number of likely N-dealkylation sites (N-methyl/N-ethyl adjacent to an activating group) is 1. The topological polar surface area (TPSA) is 45.2 Å². The van der Waals surface area contributed by atoms with Crippen molar-refractivity contribution in [3.8, 4) is 0 Å². The number of hydrogen-bond acceptors (Lipinski definition) is 4. The van der Waals surface area contributed by atoms with Crippen molar-refractivity contribution in [3.05, 3.63) is 24.5 Å². The second-order valence-corrected chi connectivity index (χ2v) is 6.05. The third-order valence-electron chi connectivity index (χ3n) is 3.64. The molecule has 1 N–H and O–H groups in total. The molecule has 4 nitrogen and oxygen atoms in total. The van der Waals surface area contributed by atoms with Gasteiger partial charge in [-0.15, -0.1) is 0 Å². The average Bonchev–Trinajstić information content (AvgIpc) is 2.88. The fourth-order valence-corrected chi connectivity index (χ4v) is 3.73. The van der Waals surface area contributed by atoms with Gasteiger partial charge in [0.05, 0.1) is 6.54 Å². The van der Waals surface area contributed by atoms with Gasteiger partial charge in [0.1, 0.15) is 0 Å². The number of carbonyl (C=O) groups is 1. The van der Waals surface area contributed by atoms with Crippen LogP contribution < -0.4 is 5.32 Å². The maximum atomic E-state index is 12.0. The van der Waals surface area contributed by atoms with Crippen molar-refractivity contribution in [2.75, 3.05) is 25.2 Å². The minimum absolute atomic E-state index is 0.0421. The van der Waals surface area contributed by atoms with Crippen LogP contribution in [0.15, 0.2) is 24.5 Å². The van der Waals surface area contributed by atoms with Crippen molar-refractivity contribution < 1.29 is 4.79 Å². The molecule has 0 aromatic carbocycles. The number of nitrogens with zero attached hydrogens (tertiary/aromatic N) is 2. The Balaban J connectivity index is 1.85. The third kappa shape index (κ3) is 3.94. The van der Waals surface area contributed by atoms with Crippen LogP contribution in [0, 0.1) is 0 Å². The number of hydrogen-bond donors (Lipinski definition) is 1. The van der Waals surface area contributed by atoms with E-state index in [1.807, 2.05) is 18.8 Å². The molecule has 1 heterocycles. The molecule has 1 fully saturated rings. The Morgan fingerprint density at radius 2 is 2.21 bits per heavy atom. The van der Waals surface area contributed by atoms with Crippen LogP contribution in [0.3, 0.4) is 0 Å². The highest BCUT2D eigenvalue weighted by molar-refractivity contribution is 7.99. The van der Waals surface area contributed by atoms with Crippen molar-refractivity contribution in [1.29, 1.82) is 0 Å². The molecular formula is C14H21N3OS. The molecule has 104 valence electrons. The molecule has 2 rings (SSSR count). The Morgan fingerprint density at radius 1 is 1.47 bits per heavy atom. The van der Waals surface area contributed by atoms with E-state index in [1.54, 1.807) is 24.5 Å². The largest absolute Gasteiger partial charge is 0.325 e. The molecule has 2 unspecified atom stereocenters. The zero-order valence-electron chi connectivity index (χ0n) is 11.5. The molecule has 0 radical (unpaired) electrons. The lowest BCUT2D eigenvalue weighted by Crippen LogP contribution is -2.41. The first-order chi connectivity index (χ1) is 9.20. The van der Waals surface area contributed by atoms with Crippen LogP contribution in [0.4, 0.5) is 5.69 Å². The summed E-state index contributed by atoms with van der Waals surface area (Å²) in [7, 11) is 2.05. The van der Waals surface area contributed by atoms with E-state index >= 15 is 0 Å². The van der Waals surface area contributed by atoms with Crippen LogP contribution in [0.5, 0.6) is 0 Å². The predicted octanol–water partition coefficient (Wildman–Crippen LogP) is 2.24. The van der Waals surface area contributed by atoms with Crippen molar-refractivity contribution in [2.45, 2.75) is 30.6 Å². The molecule has 0 bridgehead atoms. The summed E-state index contributed by atoms with van der Waals surface area (Å²) in [6, 6.07) is 4.13. The second-order valence-electron chi connectivity index (χ2n) is 4.97. The summed E-state index contributed by atoms with van der Waals surface area (Å²) in [5.74, 6) is 0.0421. The van der Waals surface area contributed by atoms with E-state index in [4.69, 9.17) is 0 Å². The summed E-state index contributed by atoms with van der Waals surface area (Å²) in [5.41, 5.74) is 0.807. The minimum atomic E-state index is 0.0421. The minimum Gasteiger partial charge on any atom is -0.325 e. The number of nitrogens with one attached hydrogen (secondary N) is 1. The van der Waals surface area contributed by atoms with E-state index in [2.05, 4.69) is 21.5 Å². The molecule has 2 atom stereocenters. The lowest BCUT2D eigenvalue weighted by molar-refractivity contribution is -0.117. The van der Waals surface area contributed by atoms with Gasteiger partial charge in [0.25, 0.3) is 0 Å². The second kappa shape index (κ2) is 6.91. The first-order valence-electron chi connectivity index (χ1n) is 6.63. The number of pyridine rings is 1. The molecule has 1 aromatic heterocycles. The molecule has 5 heteroatoms. The van der Waals surface area contributed by atoms with Gasteiger partial charge in [-0.25, -0.2) is 0 Å². The zero-order valence-corrected chi connectivity index (χ0v) is 12.3. The molecule has 1 saturated carbocycles. The summed E-state index contributed by atoms with van der Waals surface area (Å²) in [6.07, 6.45) is 9.26. The van der Waals surface area contributed by atoms with Gasteiger partial charge in [0.2, 0.25) is 5.91 Å². The van der Waals surface area contributed by atoms with Gasteiger partial charge in [0, 0.05) is 29.4 Å². The van der Waals surface area contributed by atoms with Crippen molar-refractivity contribution in [1.82, 2.24) is 9.88 Å². The fourth-order valence-electron chi connectivity index (χ4n) is 2.67. The van der Waals surface area contributed by atoms with Crippen LogP contribution in [0.25, 0.3) is 0 Å². The SMILES string of the molecule is CSC1CCCC1N(C)CC(=O)Nc1ccncc1. The van der Waals surface area contributed by atoms with E-state index in [0.29, 0.717) is 17.8 Å². The first-order valence-corrected chi connectivity index (χ1v) is 7.92. The lowest BCUT2D eigenvalue weighted by Gasteiger charge is -2.28. The van der Waals surface area contributed by atoms with E-state index in [9.17, 15) is 4.79 Å². The van der Waals surface area contributed by atoms with Crippen molar-refractivity contribution in [3.63, 3.8) is 0 Å². The molecule has 19 heavy (non-hydrogen) atoms. The Labute approximate surface area is 119 Å². The molecule has 1 aromatic rings. The van der Waals surface area contributed by atoms with Crippen LogP contribution in [-0.4, -0.2) is 46.9 Å². The number of carbonyl (C=O) groups excluding carboxylic acids is 1. The van der Waals surface area contributed by atoms with Gasteiger partial charge in [-0.2, -0.15) is 11.8 Å². The average molecular weight is 279 g/mol. The summed E-state index contributed by atoms with van der Waals surface area (Å²) >= 11 is 1.92. The summed E-state index contributed by atoms with van der Waals surface area (Å²) in [6.45, 7) is 0.448. The van der Waals surface area contributed by atoms with Gasteiger partial charge in [-0.3, -0.25) is 14.7 Å². The van der Waals surface area contributed by atoms with Crippen molar-refractivity contribution >= 4 is 23.4 Å². The highest BCUT2D eigenvalue weighted by atomic mass is 32.2. The molecule has 1 amide bonds. The van der Waals surface area contributed by atoms with Gasteiger partial charge in [-0.1, -0.05) is 6.42 Å². The molecular weight excluding hydrogens is 258 g/mol. The summed E-state index contributed by atoms with van der Waals surface area (Å²) in [4.78, 5) is 18.1. The smallest absolute Gasteiger partial charge is 0.238 e. The van der Waals surface area contributed by atoms with E-state index in [0.717, 1.165) is 5.69 Å². The Morgan fingerprint density at radius 3 is 2.89 bits per heavy atom.